The van der Waals surface area contributed by atoms with Gasteiger partial charge in [-0.2, -0.15) is 0 Å². The lowest BCUT2D eigenvalue weighted by atomic mass is 9.87. The number of carbonyl (C=O) groups is 2. The molecule has 0 radical (unpaired) electrons. The molecule has 0 saturated heterocycles. The summed E-state index contributed by atoms with van der Waals surface area (Å²) in [5.74, 6) is -0.411. The molecule has 0 heterocycles. The predicted molar refractivity (Wildman–Crippen MR) is 166 cm³/mol. The SMILES string of the molecule is COC(=O)c1ccc(OCCCO/N=C\c2ccc(C(C)(C)C)cc2)cc1NC(=O)c1ccc(-c2ccccc2)cc1. The van der Waals surface area contributed by atoms with E-state index in [9.17, 15) is 9.59 Å². The van der Waals surface area contributed by atoms with E-state index < -0.39 is 5.97 Å². The molecule has 4 rings (SSSR count). The third-order valence-electron chi connectivity index (χ3n) is 6.60. The number of nitrogens with zero attached hydrogens (tertiary/aromatic N) is 1. The van der Waals surface area contributed by atoms with Gasteiger partial charge in [0.2, 0.25) is 0 Å². The Morgan fingerprint density at radius 2 is 1.52 bits per heavy atom. The lowest BCUT2D eigenvalue weighted by Crippen LogP contribution is -2.15. The number of methoxy groups -OCH3 is 1. The summed E-state index contributed by atoms with van der Waals surface area (Å²) < 4.78 is 10.7. The van der Waals surface area contributed by atoms with Gasteiger partial charge in [0.1, 0.15) is 12.4 Å². The number of benzene rings is 4. The van der Waals surface area contributed by atoms with Gasteiger partial charge in [0.15, 0.2) is 0 Å². The van der Waals surface area contributed by atoms with E-state index in [1.54, 1.807) is 36.5 Å². The highest BCUT2D eigenvalue weighted by Gasteiger charge is 2.17. The molecule has 0 atom stereocenters. The number of anilines is 1. The second-order valence-corrected chi connectivity index (χ2v) is 10.7. The van der Waals surface area contributed by atoms with Crippen LogP contribution < -0.4 is 10.1 Å². The Balaban J connectivity index is 1.31. The summed E-state index contributed by atoms with van der Waals surface area (Å²) in [5.41, 5.74) is 5.38. The summed E-state index contributed by atoms with van der Waals surface area (Å²) in [4.78, 5) is 30.7. The molecule has 0 aliphatic carbocycles. The minimum absolute atomic E-state index is 0.104. The van der Waals surface area contributed by atoms with Crippen LogP contribution in [0.5, 0.6) is 5.75 Å². The Morgan fingerprint density at radius 1 is 0.833 bits per heavy atom. The summed E-state index contributed by atoms with van der Waals surface area (Å²) in [6, 6.07) is 30.3. The molecule has 216 valence electrons. The summed E-state index contributed by atoms with van der Waals surface area (Å²) in [5, 5.41) is 6.86. The maximum Gasteiger partial charge on any atom is 0.339 e. The molecule has 0 aliphatic heterocycles. The number of amides is 1. The van der Waals surface area contributed by atoms with Crippen LogP contribution in [-0.4, -0.2) is 38.4 Å². The summed E-state index contributed by atoms with van der Waals surface area (Å²) >= 11 is 0. The lowest BCUT2D eigenvalue weighted by Gasteiger charge is -2.18. The average Bonchev–Trinajstić information content (AvgIpc) is 3.00. The van der Waals surface area contributed by atoms with Crippen molar-refractivity contribution in [3.8, 4) is 16.9 Å². The third-order valence-corrected chi connectivity index (χ3v) is 6.60. The Hall–Kier alpha value is -4.91. The standard InChI is InChI=1S/C35H36N2O5/c1-35(2,3)29-17-11-25(12-18-29)24-36-42-22-8-21-41-30-19-20-31(34(39)40-4)32(23-30)37-33(38)28-15-13-27(14-16-28)26-9-6-5-7-10-26/h5-7,9-20,23-24H,8,21-22H2,1-4H3,(H,37,38)/b36-24-. The number of hydrogen-bond donors (Lipinski definition) is 1. The van der Waals surface area contributed by atoms with E-state index in [-0.39, 0.29) is 16.9 Å². The van der Waals surface area contributed by atoms with Crippen molar-refractivity contribution in [2.45, 2.75) is 32.6 Å². The van der Waals surface area contributed by atoms with Crippen LogP contribution in [0.2, 0.25) is 0 Å². The molecule has 1 amide bonds. The second-order valence-electron chi connectivity index (χ2n) is 10.7. The van der Waals surface area contributed by atoms with Gasteiger partial charge < -0.3 is 19.6 Å². The molecule has 0 spiro atoms. The van der Waals surface area contributed by atoms with Crippen molar-refractivity contribution in [3.05, 3.63) is 119 Å². The maximum atomic E-state index is 13.0. The highest BCUT2D eigenvalue weighted by molar-refractivity contribution is 6.08. The first-order valence-electron chi connectivity index (χ1n) is 13.8. The van der Waals surface area contributed by atoms with Crippen LogP contribution in [0.4, 0.5) is 5.69 Å². The molecule has 7 nitrogen and oxygen atoms in total. The highest BCUT2D eigenvalue weighted by atomic mass is 16.6. The molecule has 0 aliphatic rings. The zero-order valence-corrected chi connectivity index (χ0v) is 24.4. The molecule has 0 saturated carbocycles. The van der Waals surface area contributed by atoms with Gasteiger partial charge in [-0.25, -0.2) is 4.79 Å². The van der Waals surface area contributed by atoms with Gasteiger partial charge in [-0.15, -0.1) is 0 Å². The lowest BCUT2D eigenvalue weighted by molar-refractivity contribution is 0.0602. The molecular weight excluding hydrogens is 528 g/mol. The maximum absolute atomic E-state index is 13.0. The fraction of sp³-hybridized carbons (Fsp3) is 0.229. The first kappa shape index (κ1) is 30.1. The van der Waals surface area contributed by atoms with E-state index in [4.69, 9.17) is 14.3 Å². The number of carbonyl (C=O) groups excluding carboxylic acids is 2. The second kappa shape index (κ2) is 14.1. The van der Waals surface area contributed by atoms with E-state index in [1.165, 1.54) is 12.7 Å². The van der Waals surface area contributed by atoms with Gasteiger partial charge in [0.25, 0.3) is 5.91 Å². The molecule has 0 bridgehead atoms. The Morgan fingerprint density at radius 3 is 2.19 bits per heavy atom. The predicted octanol–water partition coefficient (Wildman–Crippen LogP) is 7.51. The molecule has 4 aromatic carbocycles. The van der Waals surface area contributed by atoms with Crippen molar-refractivity contribution >= 4 is 23.8 Å². The van der Waals surface area contributed by atoms with Crippen LogP contribution in [0, 0.1) is 0 Å². The van der Waals surface area contributed by atoms with Gasteiger partial charge in [0.05, 0.1) is 31.2 Å². The molecule has 0 aromatic heterocycles. The average molecular weight is 565 g/mol. The van der Waals surface area contributed by atoms with Crippen molar-refractivity contribution < 1.29 is 23.9 Å². The summed E-state index contributed by atoms with van der Waals surface area (Å²) in [6.07, 6.45) is 2.28. The van der Waals surface area contributed by atoms with Crippen molar-refractivity contribution in [2.24, 2.45) is 5.16 Å². The van der Waals surface area contributed by atoms with Crippen LogP contribution >= 0.6 is 0 Å². The van der Waals surface area contributed by atoms with Gasteiger partial charge in [-0.3, -0.25) is 4.79 Å². The normalized spacial score (nSPS) is 11.2. The number of nitrogens with one attached hydrogen (secondary N) is 1. The van der Waals surface area contributed by atoms with Crippen molar-refractivity contribution in [1.82, 2.24) is 0 Å². The molecule has 0 unspecified atom stereocenters. The number of ether oxygens (including phenoxy) is 2. The van der Waals surface area contributed by atoms with Crippen LogP contribution in [0.1, 0.15) is 59.0 Å². The van der Waals surface area contributed by atoms with Gasteiger partial charge in [-0.05, 0) is 51.9 Å². The minimum atomic E-state index is -0.560. The smallest absolute Gasteiger partial charge is 0.339 e. The monoisotopic (exact) mass is 564 g/mol. The fourth-order valence-corrected chi connectivity index (χ4v) is 4.18. The van der Waals surface area contributed by atoms with E-state index in [2.05, 4.69) is 43.4 Å². The van der Waals surface area contributed by atoms with Gasteiger partial charge >= 0.3 is 5.97 Å². The van der Waals surface area contributed by atoms with Crippen LogP contribution in [0.15, 0.2) is 102 Å². The van der Waals surface area contributed by atoms with Crippen molar-refractivity contribution in [3.63, 3.8) is 0 Å². The first-order valence-corrected chi connectivity index (χ1v) is 13.8. The molecule has 7 heteroatoms. The van der Waals surface area contributed by atoms with Crippen LogP contribution in [-0.2, 0) is 15.0 Å². The van der Waals surface area contributed by atoms with E-state index >= 15 is 0 Å². The zero-order chi connectivity index (χ0) is 30.0. The number of rotatable bonds is 11. The fourth-order valence-electron chi connectivity index (χ4n) is 4.18. The number of hydrogen-bond acceptors (Lipinski definition) is 6. The van der Waals surface area contributed by atoms with Crippen molar-refractivity contribution in [2.75, 3.05) is 25.6 Å². The van der Waals surface area contributed by atoms with E-state index in [0.29, 0.717) is 36.6 Å². The molecule has 1 N–H and O–H groups in total. The van der Waals surface area contributed by atoms with E-state index in [1.807, 2.05) is 54.6 Å². The van der Waals surface area contributed by atoms with Gasteiger partial charge in [-0.1, -0.05) is 92.7 Å². The van der Waals surface area contributed by atoms with Crippen LogP contribution in [0.3, 0.4) is 0 Å². The van der Waals surface area contributed by atoms with Crippen LogP contribution in [0.25, 0.3) is 11.1 Å². The molecular formula is C35H36N2O5. The summed E-state index contributed by atoms with van der Waals surface area (Å²) in [7, 11) is 1.30. The Bertz CT molecular complexity index is 1510. The van der Waals surface area contributed by atoms with Crippen molar-refractivity contribution in [1.29, 1.82) is 0 Å². The minimum Gasteiger partial charge on any atom is -0.493 e. The summed E-state index contributed by atoms with van der Waals surface area (Å²) in [6.45, 7) is 7.27. The third kappa shape index (κ3) is 8.30. The highest BCUT2D eigenvalue weighted by Crippen LogP contribution is 2.26. The van der Waals surface area contributed by atoms with E-state index in [0.717, 1.165) is 16.7 Å². The quantitative estimate of drug-likeness (QED) is 0.0882. The molecule has 42 heavy (non-hydrogen) atoms. The van der Waals surface area contributed by atoms with Gasteiger partial charge in [0, 0.05) is 18.1 Å². The molecule has 4 aromatic rings. The molecule has 0 fully saturated rings. The largest absolute Gasteiger partial charge is 0.493 e. The Labute approximate surface area is 247 Å². The Kier molecular flexibility index (Phi) is 10.1. The zero-order valence-electron chi connectivity index (χ0n) is 24.4. The number of esters is 1. The number of oxime groups is 1. The topological polar surface area (TPSA) is 86.2 Å². The first-order chi connectivity index (χ1) is 20.2.